The molecule has 0 radical (unpaired) electrons. The molecule has 3 rings (SSSR count). The molecule has 2 N–H and O–H groups in total. The third kappa shape index (κ3) is 4.73. The summed E-state index contributed by atoms with van der Waals surface area (Å²) in [6.45, 7) is 3.52. The number of carbonyl (C=O) groups excluding carboxylic acids is 2. The number of para-hydroxylation sites is 2. The molecule has 0 aromatic heterocycles. The van der Waals surface area contributed by atoms with Gasteiger partial charge in [-0.2, -0.15) is 0 Å². The van der Waals surface area contributed by atoms with Gasteiger partial charge >= 0.3 is 6.03 Å². The smallest absolute Gasteiger partial charge is 0.319 e. The van der Waals surface area contributed by atoms with Crippen LogP contribution in [0.3, 0.4) is 0 Å². The predicted octanol–water partition coefficient (Wildman–Crippen LogP) is 3.27. The number of anilines is 2. The van der Waals surface area contributed by atoms with Crippen molar-refractivity contribution in [3.05, 3.63) is 48.5 Å². The van der Waals surface area contributed by atoms with Gasteiger partial charge in [-0.3, -0.25) is 4.79 Å². The zero-order chi connectivity index (χ0) is 19.9. The first-order chi connectivity index (χ1) is 13.6. The molecule has 1 atom stereocenters. The zero-order valence-electron chi connectivity index (χ0n) is 16.1. The minimum atomic E-state index is -0.323. The fourth-order valence-corrected chi connectivity index (χ4v) is 3.21. The maximum Gasteiger partial charge on any atom is 0.319 e. The van der Waals surface area contributed by atoms with Crippen molar-refractivity contribution in [2.45, 2.75) is 13.3 Å². The molecule has 1 aliphatic rings. The summed E-state index contributed by atoms with van der Waals surface area (Å²) in [4.78, 5) is 26.3. The second-order valence-electron chi connectivity index (χ2n) is 6.54. The lowest BCUT2D eigenvalue weighted by Gasteiger charge is -2.17. The van der Waals surface area contributed by atoms with E-state index in [0.29, 0.717) is 37.6 Å². The van der Waals surface area contributed by atoms with Gasteiger partial charge in [0.05, 0.1) is 19.4 Å². The topological polar surface area (TPSA) is 79.9 Å². The first-order valence-corrected chi connectivity index (χ1v) is 9.31. The van der Waals surface area contributed by atoms with Crippen molar-refractivity contribution in [2.75, 3.05) is 37.0 Å². The molecule has 0 bridgehead atoms. The van der Waals surface area contributed by atoms with E-state index in [9.17, 15) is 9.59 Å². The second kappa shape index (κ2) is 9.12. The summed E-state index contributed by atoms with van der Waals surface area (Å²) < 4.78 is 10.7. The Balaban J connectivity index is 1.52. The number of nitrogens with zero attached hydrogens (tertiary/aromatic N) is 1. The molecule has 1 fully saturated rings. The van der Waals surface area contributed by atoms with E-state index in [1.165, 1.54) is 0 Å². The van der Waals surface area contributed by atoms with Gasteiger partial charge in [0.1, 0.15) is 11.5 Å². The van der Waals surface area contributed by atoms with Crippen molar-refractivity contribution in [3.63, 3.8) is 0 Å². The molecular weight excluding hydrogens is 358 g/mol. The van der Waals surface area contributed by atoms with Crippen LogP contribution >= 0.6 is 0 Å². The SMILES string of the molecule is CCOc1ccc(N2CC(CNC(=O)Nc3ccccc3OC)CC2=O)cc1. The molecule has 0 aliphatic carbocycles. The third-order valence-corrected chi connectivity index (χ3v) is 4.57. The van der Waals surface area contributed by atoms with Gasteiger partial charge in [0.2, 0.25) is 5.91 Å². The molecule has 2 aromatic carbocycles. The van der Waals surface area contributed by atoms with E-state index in [2.05, 4.69) is 10.6 Å². The maximum absolute atomic E-state index is 12.4. The molecule has 1 heterocycles. The monoisotopic (exact) mass is 383 g/mol. The van der Waals surface area contributed by atoms with Gasteiger partial charge in [0.15, 0.2) is 0 Å². The average Bonchev–Trinajstić information content (AvgIpc) is 3.08. The van der Waals surface area contributed by atoms with Crippen LogP contribution in [0.25, 0.3) is 0 Å². The van der Waals surface area contributed by atoms with Gasteiger partial charge in [0.25, 0.3) is 0 Å². The van der Waals surface area contributed by atoms with Gasteiger partial charge in [-0.1, -0.05) is 12.1 Å². The van der Waals surface area contributed by atoms with E-state index in [0.717, 1.165) is 11.4 Å². The van der Waals surface area contributed by atoms with Gasteiger partial charge in [-0.05, 0) is 43.3 Å². The van der Waals surface area contributed by atoms with E-state index in [1.807, 2.05) is 43.3 Å². The first kappa shape index (κ1) is 19.5. The quantitative estimate of drug-likeness (QED) is 0.769. The Kier molecular flexibility index (Phi) is 6.37. The lowest BCUT2D eigenvalue weighted by molar-refractivity contribution is -0.117. The maximum atomic E-state index is 12.4. The molecule has 3 amide bonds. The first-order valence-electron chi connectivity index (χ1n) is 9.31. The van der Waals surface area contributed by atoms with Crippen LogP contribution in [0.15, 0.2) is 48.5 Å². The third-order valence-electron chi connectivity index (χ3n) is 4.57. The molecule has 1 aliphatic heterocycles. The summed E-state index contributed by atoms with van der Waals surface area (Å²) in [5.74, 6) is 1.49. The Hall–Kier alpha value is -3.22. The highest BCUT2D eigenvalue weighted by molar-refractivity contribution is 5.96. The van der Waals surface area contributed by atoms with Crippen molar-refractivity contribution in [1.29, 1.82) is 0 Å². The Bertz CT molecular complexity index is 823. The van der Waals surface area contributed by atoms with Crippen LogP contribution in [0, 0.1) is 5.92 Å². The fraction of sp³-hybridized carbons (Fsp3) is 0.333. The number of amides is 3. The van der Waals surface area contributed by atoms with E-state index < -0.39 is 0 Å². The minimum Gasteiger partial charge on any atom is -0.495 e. The molecule has 2 aromatic rings. The number of nitrogens with one attached hydrogen (secondary N) is 2. The van der Waals surface area contributed by atoms with Crippen LogP contribution in [-0.2, 0) is 4.79 Å². The Morgan fingerprint density at radius 2 is 1.93 bits per heavy atom. The van der Waals surface area contributed by atoms with Crippen molar-refractivity contribution in [3.8, 4) is 11.5 Å². The van der Waals surface area contributed by atoms with Gasteiger partial charge in [0, 0.05) is 31.1 Å². The molecule has 7 nitrogen and oxygen atoms in total. The summed E-state index contributed by atoms with van der Waals surface area (Å²) in [6, 6.07) is 14.4. The number of urea groups is 1. The fourth-order valence-electron chi connectivity index (χ4n) is 3.21. The molecule has 7 heteroatoms. The van der Waals surface area contributed by atoms with E-state index in [1.54, 1.807) is 24.1 Å². The number of ether oxygens (including phenoxy) is 2. The lowest BCUT2D eigenvalue weighted by Crippen LogP contribution is -2.34. The van der Waals surface area contributed by atoms with Crippen LogP contribution in [0.5, 0.6) is 11.5 Å². The van der Waals surface area contributed by atoms with E-state index in [4.69, 9.17) is 9.47 Å². The summed E-state index contributed by atoms with van der Waals surface area (Å²) in [7, 11) is 1.55. The summed E-state index contributed by atoms with van der Waals surface area (Å²) in [5.41, 5.74) is 1.44. The van der Waals surface area contributed by atoms with E-state index in [-0.39, 0.29) is 17.9 Å². The van der Waals surface area contributed by atoms with Gasteiger partial charge in [-0.15, -0.1) is 0 Å². The number of carbonyl (C=O) groups is 2. The molecular formula is C21H25N3O4. The van der Waals surface area contributed by atoms with Crippen molar-refractivity contribution < 1.29 is 19.1 Å². The largest absolute Gasteiger partial charge is 0.495 e. The average molecular weight is 383 g/mol. The van der Waals surface area contributed by atoms with Crippen LogP contribution in [0.4, 0.5) is 16.2 Å². The van der Waals surface area contributed by atoms with Gasteiger partial charge < -0.3 is 25.0 Å². The standard InChI is InChI=1S/C21H25N3O4/c1-3-28-17-10-8-16(9-11-17)24-14-15(12-20(24)25)13-22-21(26)23-18-6-4-5-7-19(18)27-2/h4-11,15H,3,12-14H2,1-2H3,(H2,22,23,26). The summed E-state index contributed by atoms with van der Waals surface area (Å²) in [5, 5.41) is 5.61. The number of methoxy groups -OCH3 is 1. The highest BCUT2D eigenvalue weighted by Crippen LogP contribution is 2.27. The van der Waals surface area contributed by atoms with Crippen molar-refractivity contribution in [1.82, 2.24) is 5.32 Å². The van der Waals surface area contributed by atoms with Gasteiger partial charge in [-0.25, -0.2) is 4.79 Å². The number of hydrogen-bond donors (Lipinski definition) is 2. The Morgan fingerprint density at radius 3 is 2.64 bits per heavy atom. The summed E-state index contributed by atoms with van der Waals surface area (Å²) >= 11 is 0. The number of hydrogen-bond acceptors (Lipinski definition) is 4. The molecule has 148 valence electrons. The van der Waals surface area contributed by atoms with Crippen molar-refractivity contribution in [2.24, 2.45) is 5.92 Å². The highest BCUT2D eigenvalue weighted by atomic mass is 16.5. The molecule has 1 saturated heterocycles. The van der Waals surface area contributed by atoms with Crippen LogP contribution in [0.2, 0.25) is 0 Å². The lowest BCUT2D eigenvalue weighted by atomic mass is 10.1. The molecule has 28 heavy (non-hydrogen) atoms. The zero-order valence-corrected chi connectivity index (χ0v) is 16.1. The van der Waals surface area contributed by atoms with Crippen LogP contribution in [-0.4, -0.2) is 38.7 Å². The number of rotatable bonds is 7. The Labute approximate surface area is 164 Å². The van der Waals surface area contributed by atoms with Crippen molar-refractivity contribution >= 4 is 23.3 Å². The predicted molar refractivity (Wildman–Crippen MR) is 108 cm³/mol. The number of benzene rings is 2. The minimum absolute atomic E-state index is 0.0566. The van der Waals surface area contributed by atoms with Crippen LogP contribution in [0.1, 0.15) is 13.3 Å². The normalized spacial score (nSPS) is 16.0. The highest BCUT2D eigenvalue weighted by Gasteiger charge is 2.30. The second-order valence-corrected chi connectivity index (χ2v) is 6.54. The van der Waals surface area contributed by atoms with E-state index >= 15 is 0 Å². The Morgan fingerprint density at radius 1 is 1.18 bits per heavy atom. The molecule has 0 saturated carbocycles. The summed E-state index contributed by atoms with van der Waals surface area (Å²) in [6.07, 6.45) is 0.405. The molecule has 0 spiro atoms. The molecule has 1 unspecified atom stereocenters. The van der Waals surface area contributed by atoms with Crippen LogP contribution < -0.4 is 25.0 Å².